The molecule has 1 aromatic rings. The molecule has 1 aromatic carbocycles. The van der Waals surface area contributed by atoms with Crippen molar-refractivity contribution in [1.82, 2.24) is 0 Å². The van der Waals surface area contributed by atoms with Crippen molar-refractivity contribution >= 4 is 0 Å². The molecule has 0 spiro atoms. The first-order chi connectivity index (χ1) is 10.6. The van der Waals surface area contributed by atoms with Gasteiger partial charge in [-0.05, 0) is 13.0 Å². The van der Waals surface area contributed by atoms with E-state index in [1.165, 1.54) is 6.92 Å². The van der Waals surface area contributed by atoms with Gasteiger partial charge in [0.15, 0.2) is 23.3 Å². The molecule has 0 aliphatic carbocycles. The Balaban J connectivity index is 2.60. The lowest BCUT2D eigenvalue weighted by atomic mass is 9.77. The van der Waals surface area contributed by atoms with Crippen molar-refractivity contribution in [2.45, 2.75) is 37.6 Å². The van der Waals surface area contributed by atoms with Crippen molar-refractivity contribution in [2.24, 2.45) is 5.92 Å². The molecule has 1 aliphatic rings. The molecule has 4 atom stereocenters. The van der Waals surface area contributed by atoms with Crippen LogP contribution >= 0.6 is 0 Å². The van der Waals surface area contributed by atoms with E-state index in [-0.39, 0.29) is 5.56 Å². The highest BCUT2D eigenvalue weighted by atomic mass is 19.4. The number of methoxy groups -OCH3 is 1. The van der Waals surface area contributed by atoms with Crippen LogP contribution < -0.4 is 4.74 Å². The van der Waals surface area contributed by atoms with Crippen LogP contribution in [0.5, 0.6) is 5.75 Å². The first kappa shape index (κ1) is 17.5. The normalized spacial score (nSPS) is 31.0. The molecule has 2 rings (SSSR count). The van der Waals surface area contributed by atoms with Gasteiger partial charge in [0.25, 0.3) is 0 Å². The van der Waals surface area contributed by atoms with Gasteiger partial charge in [-0.25, -0.2) is 4.39 Å². The topological polar surface area (TPSA) is 42.2 Å². The maximum atomic E-state index is 13.9. The molecule has 3 nitrogen and oxygen atoms in total. The molecule has 0 bridgehead atoms. The summed E-state index contributed by atoms with van der Waals surface area (Å²) in [6.45, 7) is 2.10. The summed E-state index contributed by atoms with van der Waals surface area (Å²) in [6, 6.07) is 3.57. The van der Waals surface area contributed by atoms with Crippen LogP contribution in [0.4, 0.5) is 22.0 Å². The summed E-state index contributed by atoms with van der Waals surface area (Å²) in [5, 5.41) is 9.15. The number of hydrogen-bond donors (Lipinski definition) is 0. The van der Waals surface area contributed by atoms with E-state index in [2.05, 4.69) is 0 Å². The molecule has 0 saturated carbocycles. The van der Waals surface area contributed by atoms with Gasteiger partial charge >= 0.3 is 6.18 Å². The number of hydrogen-bond acceptors (Lipinski definition) is 3. The van der Waals surface area contributed by atoms with Crippen LogP contribution in [-0.4, -0.2) is 25.0 Å². The number of halogens is 5. The SMILES string of the molecule is COc1c(C2C(C#N)OC(C)(C(F)(F)F)C2C)ccc(F)c1F. The summed E-state index contributed by atoms with van der Waals surface area (Å²) in [5.74, 6) is -5.33. The standard InChI is InChI=1S/C15H14F5NO2/c1-7-11(8-4-5-9(16)12(17)13(8)22-3)10(6-21)23-14(7,2)15(18,19)20/h4-5,7,10-11H,1-3H3. The van der Waals surface area contributed by atoms with Gasteiger partial charge in [-0.15, -0.1) is 0 Å². The zero-order valence-electron chi connectivity index (χ0n) is 12.5. The Labute approximate surface area is 129 Å². The van der Waals surface area contributed by atoms with E-state index in [1.807, 2.05) is 0 Å². The van der Waals surface area contributed by atoms with Crippen LogP contribution in [0, 0.1) is 28.9 Å². The van der Waals surface area contributed by atoms with Gasteiger partial charge in [0.05, 0.1) is 13.2 Å². The zero-order chi connectivity index (χ0) is 17.6. The van der Waals surface area contributed by atoms with Crippen molar-refractivity contribution in [2.75, 3.05) is 7.11 Å². The fourth-order valence-corrected chi connectivity index (χ4v) is 2.93. The van der Waals surface area contributed by atoms with Gasteiger partial charge in [-0.3, -0.25) is 0 Å². The minimum atomic E-state index is -4.72. The fraction of sp³-hybridized carbons (Fsp3) is 0.533. The second-order valence-electron chi connectivity index (χ2n) is 5.57. The highest BCUT2D eigenvalue weighted by Crippen LogP contribution is 2.54. The molecule has 1 heterocycles. The monoisotopic (exact) mass is 335 g/mol. The molecular formula is C15H14F5NO2. The van der Waals surface area contributed by atoms with Gasteiger partial charge in [0.2, 0.25) is 5.82 Å². The lowest BCUT2D eigenvalue weighted by molar-refractivity contribution is -0.270. The first-order valence-corrected chi connectivity index (χ1v) is 6.74. The number of nitrogens with zero attached hydrogens (tertiary/aromatic N) is 1. The fourth-order valence-electron chi connectivity index (χ4n) is 2.93. The van der Waals surface area contributed by atoms with Crippen molar-refractivity contribution in [1.29, 1.82) is 5.26 Å². The van der Waals surface area contributed by atoms with E-state index >= 15 is 0 Å². The predicted octanol–water partition coefficient (Wildman–Crippen LogP) is 3.94. The van der Waals surface area contributed by atoms with Gasteiger partial charge in [-0.1, -0.05) is 13.0 Å². The van der Waals surface area contributed by atoms with Crippen molar-refractivity contribution in [3.63, 3.8) is 0 Å². The third-order valence-electron chi connectivity index (χ3n) is 4.44. The summed E-state index contributed by atoms with van der Waals surface area (Å²) in [7, 11) is 1.08. The smallest absolute Gasteiger partial charge is 0.417 e. The van der Waals surface area contributed by atoms with Gasteiger partial charge in [0, 0.05) is 17.4 Å². The third kappa shape index (κ3) is 2.53. The molecule has 1 saturated heterocycles. The minimum absolute atomic E-state index is 0.0292. The molecule has 0 N–H and O–H groups in total. The molecule has 0 amide bonds. The molecule has 23 heavy (non-hydrogen) atoms. The molecule has 1 fully saturated rings. The van der Waals surface area contributed by atoms with E-state index in [0.29, 0.717) is 0 Å². The minimum Gasteiger partial charge on any atom is -0.493 e. The maximum absolute atomic E-state index is 13.9. The molecule has 0 aromatic heterocycles. The van der Waals surface area contributed by atoms with E-state index < -0.39 is 47.1 Å². The van der Waals surface area contributed by atoms with Gasteiger partial charge < -0.3 is 9.47 Å². The van der Waals surface area contributed by atoms with Crippen LogP contribution in [0.25, 0.3) is 0 Å². The lowest BCUT2D eigenvalue weighted by Gasteiger charge is -2.31. The largest absolute Gasteiger partial charge is 0.493 e. The second-order valence-corrected chi connectivity index (χ2v) is 5.57. The summed E-state index contributed by atoms with van der Waals surface area (Å²) in [5.41, 5.74) is -2.60. The average molecular weight is 335 g/mol. The van der Waals surface area contributed by atoms with Crippen LogP contribution in [0.3, 0.4) is 0 Å². The van der Waals surface area contributed by atoms with Crippen molar-refractivity contribution in [3.05, 3.63) is 29.3 Å². The molecule has 8 heteroatoms. The van der Waals surface area contributed by atoms with Crippen LogP contribution in [0.2, 0.25) is 0 Å². The Kier molecular flexibility index (Phi) is 4.28. The Hall–Kier alpha value is -1.88. The second kappa shape index (κ2) is 5.64. The number of alkyl halides is 3. The molecule has 126 valence electrons. The summed E-state index contributed by atoms with van der Waals surface area (Å²) >= 11 is 0. The number of ether oxygens (including phenoxy) is 2. The third-order valence-corrected chi connectivity index (χ3v) is 4.44. The number of benzene rings is 1. The summed E-state index contributed by atoms with van der Waals surface area (Å²) in [6.07, 6.45) is -6.18. The van der Waals surface area contributed by atoms with E-state index in [9.17, 15) is 22.0 Å². The van der Waals surface area contributed by atoms with Crippen LogP contribution in [0.1, 0.15) is 25.3 Å². The molecule has 4 unspecified atom stereocenters. The Morgan fingerprint density at radius 2 is 1.91 bits per heavy atom. The van der Waals surface area contributed by atoms with Gasteiger partial charge in [-0.2, -0.15) is 22.8 Å². The summed E-state index contributed by atoms with van der Waals surface area (Å²) in [4.78, 5) is 0. The average Bonchev–Trinajstić information content (AvgIpc) is 2.74. The Morgan fingerprint density at radius 1 is 1.30 bits per heavy atom. The van der Waals surface area contributed by atoms with E-state index in [0.717, 1.165) is 26.2 Å². The summed E-state index contributed by atoms with van der Waals surface area (Å²) < 4.78 is 76.9. The van der Waals surface area contributed by atoms with Crippen molar-refractivity contribution < 1.29 is 31.4 Å². The quantitative estimate of drug-likeness (QED) is 0.769. The molecule has 1 aliphatic heterocycles. The number of nitriles is 1. The molecular weight excluding hydrogens is 321 g/mol. The molecule has 0 radical (unpaired) electrons. The lowest BCUT2D eigenvalue weighted by Crippen LogP contribution is -2.46. The Morgan fingerprint density at radius 3 is 2.39 bits per heavy atom. The van der Waals surface area contributed by atoms with E-state index in [1.54, 1.807) is 6.07 Å². The van der Waals surface area contributed by atoms with E-state index in [4.69, 9.17) is 14.7 Å². The Bertz CT molecular complexity index is 654. The van der Waals surface area contributed by atoms with Crippen LogP contribution in [-0.2, 0) is 4.74 Å². The van der Waals surface area contributed by atoms with Crippen molar-refractivity contribution in [3.8, 4) is 11.8 Å². The first-order valence-electron chi connectivity index (χ1n) is 6.74. The van der Waals surface area contributed by atoms with Gasteiger partial charge in [0.1, 0.15) is 0 Å². The number of rotatable bonds is 2. The zero-order valence-corrected chi connectivity index (χ0v) is 12.5. The maximum Gasteiger partial charge on any atom is 0.417 e. The van der Waals surface area contributed by atoms with Crippen LogP contribution in [0.15, 0.2) is 12.1 Å². The predicted molar refractivity (Wildman–Crippen MR) is 69.8 cm³/mol. The highest BCUT2D eigenvalue weighted by molar-refractivity contribution is 5.41. The highest BCUT2D eigenvalue weighted by Gasteiger charge is 2.64.